The van der Waals surface area contributed by atoms with Crippen molar-refractivity contribution in [3.05, 3.63) is 22.3 Å². The number of hydrogen-bond donors (Lipinski definition) is 0. The fraction of sp³-hybridized carbons (Fsp3) is 0.600. The van der Waals surface area contributed by atoms with Gasteiger partial charge in [-0.05, 0) is 44.8 Å². The molecular formula is C10H16Cl3Ti. The minimum absolute atomic E-state index is 0.694. The van der Waals surface area contributed by atoms with E-state index in [4.69, 9.17) is 27.9 Å². The van der Waals surface area contributed by atoms with Crippen molar-refractivity contribution in [2.45, 2.75) is 34.6 Å². The third-order valence-corrected chi connectivity index (χ3v) is 3.04. The standard InChI is InChI=1S/C10H16.3ClH.Ti/c1-6-7(2)9(4)10(5)8(6)3;;;;/h6H,1-5H3;3*1H;/q;;;;+3/p-3. The molecule has 0 aromatic rings. The average molecular weight is 290 g/mol. The summed E-state index contributed by atoms with van der Waals surface area (Å²) in [5.41, 5.74) is 6.11. The molecule has 0 unspecified atom stereocenters. The number of hydrogen-bond acceptors (Lipinski definition) is 0. The predicted molar refractivity (Wildman–Crippen MR) is 63.5 cm³/mol. The van der Waals surface area contributed by atoms with E-state index in [1.54, 1.807) is 11.1 Å². The van der Waals surface area contributed by atoms with Crippen LogP contribution in [0.4, 0.5) is 0 Å². The SMILES string of the molecule is CC1=C(C)C(C)C(C)=C1C.[Cl][Ti]([Cl])[Cl]. The fourth-order valence-corrected chi connectivity index (χ4v) is 1.57. The van der Waals surface area contributed by atoms with Crippen molar-refractivity contribution in [1.29, 1.82) is 0 Å². The topological polar surface area (TPSA) is 0 Å². The van der Waals surface area contributed by atoms with E-state index in [0.717, 1.165) is 0 Å². The van der Waals surface area contributed by atoms with E-state index in [1.807, 2.05) is 0 Å². The maximum absolute atomic E-state index is 4.97. The van der Waals surface area contributed by atoms with Gasteiger partial charge in [0.25, 0.3) is 0 Å². The van der Waals surface area contributed by atoms with Crippen LogP contribution in [0.15, 0.2) is 22.3 Å². The Morgan fingerprint density at radius 3 is 1.14 bits per heavy atom. The number of allylic oxidation sites excluding steroid dienone is 4. The average Bonchev–Trinajstić information content (AvgIpc) is 2.23. The molecule has 14 heavy (non-hydrogen) atoms. The van der Waals surface area contributed by atoms with Crippen molar-refractivity contribution < 1.29 is 14.7 Å². The fourth-order valence-electron chi connectivity index (χ4n) is 1.57. The summed E-state index contributed by atoms with van der Waals surface area (Å²) >= 11 is -1.92. The molecule has 1 rings (SSSR count). The summed E-state index contributed by atoms with van der Waals surface area (Å²) in [6.07, 6.45) is 0. The zero-order valence-electron chi connectivity index (χ0n) is 9.21. The van der Waals surface area contributed by atoms with Crippen molar-refractivity contribution in [2.75, 3.05) is 0 Å². The normalized spacial score (nSPS) is 17.1. The molecule has 0 N–H and O–H groups in total. The summed E-state index contributed by atoms with van der Waals surface area (Å²) in [5.74, 6) is 0.694. The minimum atomic E-state index is -1.92. The Hall–Kier alpha value is 1.06. The van der Waals surface area contributed by atoms with Gasteiger partial charge in [0.1, 0.15) is 0 Å². The Bertz CT molecular complexity index is 240. The molecule has 0 spiro atoms. The van der Waals surface area contributed by atoms with Crippen molar-refractivity contribution >= 4 is 27.9 Å². The van der Waals surface area contributed by atoms with Gasteiger partial charge in [-0.1, -0.05) is 18.1 Å². The molecule has 4 heteroatoms. The van der Waals surface area contributed by atoms with E-state index < -0.39 is 14.7 Å². The first-order chi connectivity index (χ1) is 6.29. The first-order valence-corrected chi connectivity index (χ1v) is 10.9. The predicted octanol–water partition coefficient (Wildman–Crippen LogP) is 5.37. The molecule has 0 atom stereocenters. The molecule has 0 saturated carbocycles. The van der Waals surface area contributed by atoms with E-state index >= 15 is 0 Å². The Kier molecular flexibility index (Phi) is 7.11. The molecule has 1 aliphatic carbocycles. The van der Waals surface area contributed by atoms with Crippen molar-refractivity contribution in [3.8, 4) is 0 Å². The van der Waals surface area contributed by atoms with Gasteiger partial charge in [-0.15, -0.1) is 0 Å². The molecular weight excluding hydrogens is 274 g/mol. The summed E-state index contributed by atoms with van der Waals surface area (Å²) in [6, 6.07) is 0. The maximum atomic E-state index is 4.97. The van der Waals surface area contributed by atoms with Crippen LogP contribution in [0.25, 0.3) is 0 Å². The van der Waals surface area contributed by atoms with Gasteiger partial charge in [0.15, 0.2) is 0 Å². The van der Waals surface area contributed by atoms with E-state index in [-0.39, 0.29) is 0 Å². The van der Waals surface area contributed by atoms with Crippen LogP contribution in [0.5, 0.6) is 0 Å². The molecule has 0 nitrogen and oxygen atoms in total. The van der Waals surface area contributed by atoms with Crippen LogP contribution in [-0.4, -0.2) is 0 Å². The Labute approximate surface area is 105 Å². The molecule has 81 valence electrons. The quantitative estimate of drug-likeness (QED) is 0.526. The molecule has 0 saturated heterocycles. The molecule has 0 fully saturated rings. The van der Waals surface area contributed by atoms with E-state index in [0.29, 0.717) is 5.92 Å². The van der Waals surface area contributed by atoms with Gasteiger partial charge in [0, 0.05) is 0 Å². The molecule has 0 bridgehead atoms. The van der Waals surface area contributed by atoms with Gasteiger partial charge in [0.2, 0.25) is 0 Å². The van der Waals surface area contributed by atoms with Crippen LogP contribution < -0.4 is 0 Å². The summed E-state index contributed by atoms with van der Waals surface area (Å²) < 4.78 is 0. The Morgan fingerprint density at radius 1 is 0.857 bits per heavy atom. The third kappa shape index (κ3) is 4.29. The molecule has 1 aliphatic rings. The first-order valence-electron chi connectivity index (χ1n) is 4.47. The van der Waals surface area contributed by atoms with Crippen molar-refractivity contribution in [3.63, 3.8) is 0 Å². The van der Waals surface area contributed by atoms with E-state index in [2.05, 4.69) is 34.6 Å². The van der Waals surface area contributed by atoms with Crippen molar-refractivity contribution in [2.24, 2.45) is 5.92 Å². The molecule has 0 aliphatic heterocycles. The van der Waals surface area contributed by atoms with Crippen LogP contribution >= 0.6 is 27.9 Å². The van der Waals surface area contributed by atoms with Gasteiger partial charge in [-0.2, -0.15) is 0 Å². The molecule has 0 amide bonds. The zero-order chi connectivity index (χ0) is 11.5. The van der Waals surface area contributed by atoms with Crippen LogP contribution in [0.3, 0.4) is 0 Å². The van der Waals surface area contributed by atoms with Crippen molar-refractivity contribution in [1.82, 2.24) is 0 Å². The van der Waals surface area contributed by atoms with Crippen LogP contribution in [0, 0.1) is 5.92 Å². The summed E-state index contributed by atoms with van der Waals surface area (Å²) in [7, 11) is 14.9. The Balaban J connectivity index is 0.000000364. The van der Waals surface area contributed by atoms with Crippen LogP contribution in [0.2, 0.25) is 0 Å². The monoisotopic (exact) mass is 289 g/mol. The first kappa shape index (κ1) is 15.1. The van der Waals surface area contributed by atoms with Gasteiger partial charge in [-0.25, -0.2) is 0 Å². The second-order valence-electron chi connectivity index (χ2n) is 3.55. The summed E-state index contributed by atoms with van der Waals surface area (Å²) in [6.45, 7) is 11.2. The Morgan fingerprint density at radius 2 is 1.07 bits per heavy atom. The van der Waals surface area contributed by atoms with E-state index in [1.165, 1.54) is 11.1 Å². The van der Waals surface area contributed by atoms with Crippen LogP contribution in [-0.2, 0) is 14.7 Å². The second-order valence-corrected chi connectivity index (χ2v) is 11.3. The summed E-state index contributed by atoms with van der Waals surface area (Å²) in [5, 5.41) is 0. The third-order valence-electron chi connectivity index (χ3n) is 3.04. The van der Waals surface area contributed by atoms with E-state index in [9.17, 15) is 0 Å². The summed E-state index contributed by atoms with van der Waals surface area (Å²) in [4.78, 5) is 0. The number of halogens is 3. The van der Waals surface area contributed by atoms with Gasteiger partial charge in [0.05, 0.1) is 0 Å². The van der Waals surface area contributed by atoms with Gasteiger partial charge >= 0.3 is 42.6 Å². The molecule has 0 aromatic heterocycles. The van der Waals surface area contributed by atoms with Crippen LogP contribution in [0.1, 0.15) is 34.6 Å². The zero-order valence-corrected chi connectivity index (χ0v) is 13.0. The van der Waals surface area contributed by atoms with Gasteiger partial charge in [-0.3, -0.25) is 0 Å². The second kappa shape index (κ2) is 6.60. The van der Waals surface area contributed by atoms with Gasteiger partial charge < -0.3 is 0 Å². The molecule has 0 aromatic carbocycles. The number of rotatable bonds is 0. The molecule has 0 heterocycles. The molecule has 0 radical (unpaired) electrons.